The van der Waals surface area contributed by atoms with Crippen molar-refractivity contribution in [1.29, 1.82) is 0 Å². The zero-order valence-electron chi connectivity index (χ0n) is 21.8. The molecule has 3 aromatic rings. The highest BCUT2D eigenvalue weighted by Gasteiger charge is 2.34. The number of amides is 1. The van der Waals surface area contributed by atoms with E-state index in [-0.39, 0.29) is 30.0 Å². The fraction of sp³-hybridized carbons (Fsp3) is 0.321. The van der Waals surface area contributed by atoms with Gasteiger partial charge in [-0.25, -0.2) is 12.8 Å². The minimum atomic E-state index is -4.82. The molecule has 3 aromatic carbocycles. The van der Waals surface area contributed by atoms with Gasteiger partial charge < -0.3 is 15.0 Å². The SMILES string of the molecule is Cc1ccc2c(c1NC(=O)Cc1ccc(C(F)(F)F)c(F)c1)CCN(S(=O)(=O)c1ccc3c(c1)OCCN3C)C2. The number of nitrogens with zero attached hydrogens (tertiary/aromatic N) is 2. The largest absolute Gasteiger partial charge is 0.490 e. The van der Waals surface area contributed by atoms with E-state index in [1.54, 1.807) is 31.2 Å². The van der Waals surface area contributed by atoms with Crippen LogP contribution in [0.4, 0.5) is 28.9 Å². The second-order valence-electron chi connectivity index (χ2n) is 9.92. The van der Waals surface area contributed by atoms with Gasteiger partial charge in [0.25, 0.3) is 0 Å². The van der Waals surface area contributed by atoms with E-state index in [0.29, 0.717) is 43.1 Å². The number of hydrogen-bond donors (Lipinski definition) is 1. The van der Waals surface area contributed by atoms with Crippen LogP contribution in [0.15, 0.2) is 53.4 Å². The van der Waals surface area contributed by atoms with Crippen LogP contribution in [0.2, 0.25) is 0 Å². The maximum atomic E-state index is 14.0. The van der Waals surface area contributed by atoms with Crippen molar-refractivity contribution >= 4 is 27.3 Å². The number of benzene rings is 3. The molecular formula is C28H27F4N3O4S. The molecule has 7 nitrogen and oxygen atoms in total. The van der Waals surface area contributed by atoms with Crippen LogP contribution < -0.4 is 15.0 Å². The third kappa shape index (κ3) is 5.37. The second-order valence-corrected chi connectivity index (χ2v) is 11.9. The minimum Gasteiger partial charge on any atom is -0.490 e. The Labute approximate surface area is 229 Å². The van der Waals surface area contributed by atoms with Crippen LogP contribution in [-0.2, 0) is 40.4 Å². The summed E-state index contributed by atoms with van der Waals surface area (Å²) < 4.78 is 86.5. The average molecular weight is 578 g/mol. The molecule has 2 heterocycles. The number of nitrogens with one attached hydrogen (secondary N) is 1. The number of alkyl halides is 3. The number of fused-ring (bicyclic) bond motifs is 2. The fourth-order valence-corrected chi connectivity index (χ4v) is 6.48. The quantitative estimate of drug-likeness (QED) is 0.436. The number of halogens is 4. The molecule has 40 heavy (non-hydrogen) atoms. The third-order valence-corrected chi connectivity index (χ3v) is 9.05. The van der Waals surface area contributed by atoms with Crippen LogP contribution in [0.3, 0.4) is 0 Å². The Balaban J connectivity index is 1.33. The summed E-state index contributed by atoms with van der Waals surface area (Å²) in [5.41, 5.74) is 2.32. The normalized spacial score (nSPS) is 15.7. The molecule has 0 saturated carbocycles. The van der Waals surface area contributed by atoms with Crippen molar-refractivity contribution in [2.75, 3.05) is 37.0 Å². The molecule has 0 unspecified atom stereocenters. The minimum absolute atomic E-state index is 0.0999. The highest BCUT2D eigenvalue weighted by Crippen LogP contribution is 2.36. The maximum absolute atomic E-state index is 14.0. The van der Waals surface area contributed by atoms with Crippen molar-refractivity contribution in [2.24, 2.45) is 0 Å². The summed E-state index contributed by atoms with van der Waals surface area (Å²) >= 11 is 0. The number of likely N-dealkylation sites (N-methyl/N-ethyl adjacent to an activating group) is 1. The number of sulfonamides is 1. The lowest BCUT2D eigenvalue weighted by Crippen LogP contribution is -2.36. The predicted molar refractivity (Wildman–Crippen MR) is 141 cm³/mol. The smallest absolute Gasteiger partial charge is 0.419 e. The van der Waals surface area contributed by atoms with Crippen molar-refractivity contribution in [1.82, 2.24) is 4.31 Å². The van der Waals surface area contributed by atoms with Gasteiger partial charge in [-0.2, -0.15) is 17.5 Å². The zero-order chi connectivity index (χ0) is 28.8. The van der Waals surface area contributed by atoms with E-state index in [1.165, 1.54) is 4.31 Å². The van der Waals surface area contributed by atoms with Crippen LogP contribution in [0.1, 0.15) is 27.8 Å². The van der Waals surface area contributed by atoms with Gasteiger partial charge in [0.15, 0.2) is 0 Å². The molecule has 12 heteroatoms. The highest BCUT2D eigenvalue weighted by molar-refractivity contribution is 7.89. The van der Waals surface area contributed by atoms with Gasteiger partial charge in [0.2, 0.25) is 15.9 Å². The molecule has 0 fully saturated rings. The molecule has 0 radical (unpaired) electrons. The summed E-state index contributed by atoms with van der Waals surface area (Å²) in [7, 11) is -1.91. The molecule has 0 aliphatic carbocycles. The average Bonchev–Trinajstić information content (AvgIpc) is 2.89. The number of carbonyl (C=O) groups excluding carboxylic acids is 1. The molecule has 1 amide bonds. The molecule has 2 aliphatic heterocycles. The van der Waals surface area contributed by atoms with E-state index in [2.05, 4.69) is 5.32 Å². The van der Waals surface area contributed by atoms with Crippen molar-refractivity contribution in [3.05, 3.63) is 82.2 Å². The van der Waals surface area contributed by atoms with E-state index >= 15 is 0 Å². The zero-order valence-corrected chi connectivity index (χ0v) is 22.6. The Morgan fingerprint density at radius 3 is 2.58 bits per heavy atom. The van der Waals surface area contributed by atoms with Crippen molar-refractivity contribution in [2.45, 2.75) is 37.4 Å². The first-order valence-corrected chi connectivity index (χ1v) is 14.0. The monoisotopic (exact) mass is 577 g/mol. The summed E-state index contributed by atoms with van der Waals surface area (Å²) in [5, 5.41) is 2.80. The summed E-state index contributed by atoms with van der Waals surface area (Å²) in [6.07, 6.45) is -4.81. The molecule has 0 aromatic heterocycles. The van der Waals surface area contributed by atoms with Crippen molar-refractivity contribution in [3.8, 4) is 5.75 Å². The molecule has 0 saturated heterocycles. The Hall–Kier alpha value is -3.64. The Bertz CT molecular complexity index is 1590. The Morgan fingerprint density at radius 2 is 1.85 bits per heavy atom. The predicted octanol–water partition coefficient (Wildman–Crippen LogP) is 4.91. The number of rotatable bonds is 5. The Kier molecular flexibility index (Phi) is 7.26. The van der Waals surface area contributed by atoms with E-state index in [4.69, 9.17) is 4.74 Å². The Morgan fingerprint density at radius 1 is 1.07 bits per heavy atom. The lowest BCUT2D eigenvalue weighted by molar-refractivity contribution is -0.140. The lowest BCUT2D eigenvalue weighted by atomic mass is 9.95. The van der Waals surface area contributed by atoms with Gasteiger partial charge >= 0.3 is 6.18 Å². The van der Waals surface area contributed by atoms with Gasteiger partial charge in [-0.1, -0.05) is 18.2 Å². The summed E-state index contributed by atoms with van der Waals surface area (Å²) in [5.74, 6) is -1.45. The fourth-order valence-electron chi connectivity index (χ4n) is 5.04. The summed E-state index contributed by atoms with van der Waals surface area (Å²) in [4.78, 5) is 14.9. The van der Waals surface area contributed by atoms with Crippen LogP contribution >= 0.6 is 0 Å². The first-order valence-electron chi connectivity index (χ1n) is 12.6. The highest BCUT2D eigenvalue weighted by atomic mass is 32.2. The molecule has 0 bridgehead atoms. The van der Waals surface area contributed by atoms with Gasteiger partial charge in [0.05, 0.1) is 29.1 Å². The van der Waals surface area contributed by atoms with Crippen LogP contribution in [-0.4, -0.2) is 45.4 Å². The second kappa shape index (κ2) is 10.4. The van der Waals surface area contributed by atoms with Crippen molar-refractivity contribution < 1.29 is 35.5 Å². The van der Waals surface area contributed by atoms with E-state index in [1.807, 2.05) is 18.0 Å². The number of anilines is 2. The molecule has 2 aliphatic rings. The molecular weight excluding hydrogens is 550 g/mol. The van der Waals surface area contributed by atoms with Gasteiger partial charge in [0.1, 0.15) is 18.2 Å². The molecule has 212 valence electrons. The van der Waals surface area contributed by atoms with E-state index in [0.717, 1.165) is 28.4 Å². The number of ether oxygens (including phenoxy) is 1. The molecule has 1 N–H and O–H groups in total. The van der Waals surface area contributed by atoms with E-state index < -0.39 is 33.5 Å². The van der Waals surface area contributed by atoms with E-state index in [9.17, 15) is 30.8 Å². The number of aryl methyl sites for hydroxylation is 1. The number of hydrogen-bond acceptors (Lipinski definition) is 5. The van der Waals surface area contributed by atoms with Crippen molar-refractivity contribution in [3.63, 3.8) is 0 Å². The van der Waals surface area contributed by atoms with Gasteiger partial charge in [-0.05, 0) is 59.9 Å². The molecule has 0 atom stereocenters. The van der Waals surface area contributed by atoms with Crippen LogP contribution in [0.5, 0.6) is 5.75 Å². The van der Waals surface area contributed by atoms with Crippen LogP contribution in [0.25, 0.3) is 0 Å². The van der Waals surface area contributed by atoms with Gasteiger partial charge in [-0.3, -0.25) is 4.79 Å². The summed E-state index contributed by atoms with van der Waals surface area (Å²) in [6, 6.07) is 10.8. The molecule has 0 spiro atoms. The summed E-state index contributed by atoms with van der Waals surface area (Å²) in [6.45, 7) is 3.25. The first-order chi connectivity index (χ1) is 18.8. The lowest BCUT2D eigenvalue weighted by Gasteiger charge is -2.31. The maximum Gasteiger partial charge on any atom is 0.419 e. The number of carbonyl (C=O) groups is 1. The topological polar surface area (TPSA) is 79.0 Å². The first kappa shape index (κ1) is 27.9. The van der Waals surface area contributed by atoms with Gasteiger partial charge in [0, 0.05) is 31.9 Å². The van der Waals surface area contributed by atoms with Crippen LogP contribution in [0, 0.1) is 12.7 Å². The third-order valence-electron chi connectivity index (χ3n) is 7.21. The standard InChI is InChI=1S/C28H27F4N3O4S/c1-17-3-5-19-16-35(40(37,38)20-6-8-24-25(15-20)39-12-11-34(24)2)10-9-21(19)27(17)33-26(36)14-18-4-7-22(23(29)13-18)28(30,31)32/h3-8,13,15H,9-12,14,16H2,1-2H3,(H,33,36). The molecule has 5 rings (SSSR count). The van der Waals surface area contributed by atoms with Gasteiger partial charge in [-0.15, -0.1) is 0 Å².